The van der Waals surface area contributed by atoms with Crippen LogP contribution in [0.3, 0.4) is 0 Å². The Kier molecular flexibility index (Phi) is 8.42. The summed E-state index contributed by atoms with van der Waals surface area (Å²) in [5, 5.41) is 2.10. The highest BCUT2D eigenvalue weighted by Gasteiger charge is 2.28. The molecule has 1 atom stereocenters. The average Bonchev–Trinajstić information content (AvgIpc) is 3.67. The smallest absolute Gasteiger partial charge is 0.163 e. The van der Waals surface area contributed by atoms with E-state index < -0.39 is 0 Å². The second-order valence-electron chi connectivity index (χ2n) is 14.2. The van der Waals surface area contributed by atoms with Crippen LogP contribution >= 0.6 is 0 Å². The van der Waals surface area contributed by atoms with E-state index in [1.165, 1.54) is 27.8 Å². The van der Waals surface area contributed by atoms with Gasteiger partial charge in [-0.25, -0.2) is 9.98 Å². The fraction of sp³-hybridized carbons (Fsp3) is 0.0385. The summed E-state index contributed by atoms with van der Waals surface area (Å²) in [6.07, 6.45) is -0.301. The van der Waals surface area contributed by atoms with Crippen molar-refractivity contribution in [1.29, 1.82) is 0 Å². The largest absolute Gasteiger partial charge is 0.455 e. The zero-order valence-electron chi connectivity index (χ0n) is 30.9. The fourth-order valence-corrected chi connectivity index (χ4v) is 7.87. The molecule has 0 radical (unpaired) electrons. The van der Waals surface area contributed by atoms with Crippen LogP contribution in [0.5, 0.6) is 0 Å². The van der Waals surface area contributed by atoms with E-state index in [-0.39, 0.29) is 6.17 Å². The summed E-state index contributed by atoms with van der Waals surface area (Å²) in [4.78, 5) is 12.8. The molecule has 0 amide bonds. The molecule has 9 aromatic rings. The molecule has 0 fully saturated rings. The van der Waals surface area contributed by atoms with Crippen LogP contribution in [0.1, 0.15) is 22.9 Å². The number of furan rings is 1. The summed E-state index contributed by atoms with van der Waals surface area (Å²) in [5.41, 5.74) is 13.9. The summed E-state index contributed by atoms with van der Waals surface area (Å²) in [5.74, 6) is 1.50. The van der Waals surface area contributed by atoms with Gasteiger partial charge in [-0.3, -0.25) is 0 Å². The first-order valence-corrected chi connectivity index (χ1v) is 19.0. The molecule has 0 aliphatic carbocycles. The number of rotatable bonds is 7. The predicted molar refractivity (Wildman–Crippen MR) is 232 cm³/mol. The quantitative estimate of drug-likeness (QED) is 0.165. The van der Waals surface area contributed by atoms with Crippen molar-refractivity contribution in [2.75, 3.05) is 7.05 Å². The molecule has 8 aromatic carbocycles. The zero-order valence-corrected chi connectivity index (χ0v) is 30.9. The van der Waals surface area contributed by atoms with E-state index in [1.54, 1.807) is 0 Å². The molecule has 0 spiro atoms. The maximum absolute atomic E-state index is 6.91. The topological polar surface area (TPSA) is 41.1 Å². The standard InChI is InChI=1S/C52H37N3O/c1-55-51(41-18-9-4-10-19-41)53-50(54-52(55)43-21-11-20-42(34-43)36-16-7-3-8-17-36)47-25-13-24-46-45-23-12-22-44(48(45)56-49(46)47)40-32-30-39(31-33-40)38-28-26-37(27-29-38)35-14-5-2-6-15-35/h2-34,52H,1H3. The highest BCUT2D eigenvalue weighted by molar-refractivity contribution is 6.20. The van der Waals surface area contributed by atoms with Crippen LogP contribution in [0.25, 0.3) is 66.4 Å². The van der Waals surface area contributed by atoms with Crippen LogP contribution in [0.15, 0.2) is 215 Å². The van der Waals surface area contributed by atoms with Crippen molar-refractivity contribution in [3.8, 4) is 44.5 Å². The second-order valence-corrected chi connectivity index (χ2v) is 14.2. The lowest BCUT2D eigenvalue weighted by atomic mass is 9.97. The maximum atomic E-state index is 6.91. The monoisotopic (exact) mass is 719 g/mol. The number of aliphatic imine (C=N–C) groups is 2. The van der Waals surface area contributed by atoms with Gasteiger partial charge >= 0.3 is 0 Å². The lowest BCUT2D eigenvalue weighted by molar-refractivity contribution is 0.383. The van der Waals surface area contributed by atoms with Gasteiger partial charge < -0.3 is 9.32 Å². The SMILES string of the molecule is CN1C(c2ccccc2)=NC(c2cccc3c2oc2c(-c4ccc(-c5ccc(-c6ccccc6)cc5)cc4)cccc23)=NC1c1cccc(-c2ccccc2)c1. The minimum atomic E-state index is -0.301. The van der Waals surface area contributed by atoms with Crippen LogP contribution in [0.2, 0.25) is 0 Å². The maximum Gasteiger partial charge on any atom is 0.163 e. The Balaban J connectivity index is 1.05. The molecular formula is C52H37N3O. The van der Waals surface area contributed by atoms with Crippen LogP contribution in [-0.2, 0) is 0 Å². The van der Waals surface area contributed by atoms with E-state index in [9.17, 15) is 0 Å². The number of fused-ring (bicyclic) bond motifs is 3. The van der Waals surface area contributed by atoms with Crippen molar-refractivity contribution >= 4 is 33.6 Å². The Morgan fingerprint density at radius 3 is 1.45 bits per heavy atom. The Morgan fingerprint density at radius 2 is 0.857 bits per heavy atom. The molecule has 4 heteroatoms. The minimum Gasteiger partial charge on any atom is -0.455 e. The average molecular weight is 720 g/mol. The summed E-state index contributed by atoms with van der Waals surface area (Å²) >= 11 is 0. The molecule has 266 valence electrons. The molecule has 1 unspecified atom stereocenters. The van der Waals surface area contributed by atoms with Crippen molar-refractivity contribution in [1.82, 2.24) is 4.90 Å². The molecule has 0 saturated carbocycles. The van der Waals surface area contributed by atoms with Crippen molar-refractivity contribution in [3.63, 3.8) is 0 Å². The van der Waals surface area contributed by atoms with Gasteiger partial charge in [-0.05, 0) is 56.6 Å². The zero-order chi connectivity index (χ0) is 37.4. The number of hydrogen-bond donors (Lipinski definition) is 0. The summed E-state index contributed by atoms with van der Waals surface area (Å²) in [6, 6.07) is 70.2. The Bertz CT molecular complexity index is 2890. The number of benzene rings is 8. The lowest BCUT2D eigenvalue weighted by Crippen LogP contribution is -2.35. The van der Waals surface area contributed by atoms with Gasteiger partial charge in [-0.15, -0.1) is 0 Å². The molecule has 10 rings (SSSR count). The molecule has 0 bridgehead atoms. The first kappa shape index (κ1) is 33.3. The molecule has 2 heterocycles. The van der Waals surface area contributed by atoms with E-state index in [0.29, 0.717) is 5.84 Å². The molecule has 1 aliphatic heterocycles. The van der Waals surface area contributed by atoms with Gasteiger partial charge in [0, 0.05) is 28.9 Å². The van der Waals surface area contributed by atoms with Crippen molar-refractivity contribution < 1.29 is 4.42 Å². The molecule has 1 aliphatic rings. The third kappa shape index (κ3) is 6.08. The van der Waals surface area contributed by atoms with Gasteiger partial charge in [-0.2, -0.15) is 0 Å². The summed E-state index contributed by atoms with van der Waals surface area (Å²) < 4.78 is 6.91. The van der Waals surface area contributed by atoms with Crippen LogP contribution < -0.4 is 0 Å². The first-order valence-electron chi connectivity index (χ1n) is 19.0. The van der Waals surface area contributed by atoms with Crippen molar-refractivity contribution in [2.45, 2.75) is 6.17 Å². The van der Waals surface area contributed by atoms with Crippen molar-refractivity contribution in [2.24, 2.45) is 9.98 Å². The molecular weight excluding hydrogens is 683 g/mol. The number of para-hydroxylation sites is 2. The first-order chi connectivity index (χ1) is 27.7. The normalized spacial score (nSPS) is 14.2. The predicted octanol–water partition coefficient (Wildman–Crippen LogP) is 13.1. The molecule has 0 saturated heterocycles. The minimum absolute atomic E-state index is 0.301. The van der Waals surface area contributed by atoms with Gasteiger partial charge in [-0.1, -0.05) is 188 Å². The Hall–Kier alpha value is -7.30. The fourth-order valence-electron chi connectivity index (χ4n) is 7.87. The van der Waals surface area contributed by atoms with Gasteiger partial charge in [0.2, 0.25) is 0 Å². The van der Waals surface area contributed by atoms with E-state index in [0.717, 1.165) is 61.2 Å². The molecule has 1 aromatic heterocycles. The highest BCUT2D eigenvalue weighted by Crippen LogP contribution is 2.39. The van der Waals surface area contributed by atoms with E-state index in [2.05, 4.69) is 194 Å². The summed E-state index contributed by atoms with van der Waals surface area (Å²) in [7, 11) is 2.07. The van der Waals surface area contributed by atoms with Crippen molar-refractivity contribution in [3.05, 3.63) is 217 Å². The van der Waals surface area contributed by atoms with Crippen LogP contribution in [0, 0.1) is 0 Å². The number of hydrogen-bond acceptors (Lipinski definition) is 4. The third-order valence-corrected chi connectivity index (χ3v) is 10.8. The van der Waals surface area contributed by atoms with E-state index >= 15 is 0 Å². The Morgan fingerprint density at radius 1 is 0.411 bits per heavy atom. The Labute approximate surface area is 326 Å². The highest BCUT2D eigenvalue weighted by atomic mass is 16.3. The lowest BCUT2D eigenvalue weighted by Gasteiger charge is -2.32. The van der Waals surface area contributed by atoms with E-state index in [1.807, 2.05) is 18.2 Å². The third-order valence-electron chi connectivity index (χ3n) is 10.8. The molecule has 56 heavy (non-hydrogen) atoms. The van der Waals surface area contributed by atoms with Gasteiger partial charge in [0.25, 0.3) is 0 Å². The van der Waals surface area contributed by atoms with Gasteiger partial charge in [0.1, 0.15) is 17.0 Å². The van der Waals surface area contributed by atoms with Crippen LogP contribution in [0.4, 0.5) is 0 Å². The number of nitrogens with zero attached hydrogens (tertiary/aromatic N) is 3. The summed E-state index contributed by atoms with van der Waals surface area (Å²) in [6.45, 7) is 0. The second kappa shape index (κ2) is 14.2. The molecule has 4 nitrogen and oxygen atoms in total. The number of amidine groups is 2. The van der Waals surface area contributed by atoms with Gasteiger partial charge in [0.15, 0.2) is 12.0 Å². The van der Waals surface area contributed by atoms with E-state index in [4.69, 9.17) is 14.4 Å². The van der Waals surface area contributed by atoms with Crippen LogP contribution in [-0.4, -0.2) is 23.6 Å². The molecule has 0 N–H and O–H groups in total. The van der Waals surface area contributed by atoms with Gasteiger partial charge in [0.05, 0.1) is 5.56 Å².